The van der Waals surface area contributed by atoms with Gasteiger partial charge in [0.25, 0.3) is 0 Å². The predicted octanol–water partition coefficient (Wildman–Crippen LogP) is 5.23. The fourth-order valence-electron chi connectivity index (χ4n) is 1.86. The van der Waals surface area contributed by atoms with Crippen molar-refractivity contribution in [1.82, 2.24) is 0 Å². The maximum absolute atomic E-state index is 13.7. The molecule has 0 bridgehead atoms. The molecule has 100 valence electrons. The molecule has 0 heterocycles. The summed E-state index contributed by atoms with van der Waals surface area (Å²) in [5, 5.41) is -0.382. The van der Waals surface area contributed by atoms with Crippen LogP contribution in [0.4, 0.5) is 4.39 Å². The lowest BCUT2D eigenvalue weighted by Crippen LogP contribution is -1.96. The van der Waals surface area contributed by atoms with Gasteiger partial charge in [-0.25, -0.2) is 4.39 Å². The maximum atomic E-state index is 13.7. The Morgan fingerprint density at radius 2 is 1.79 bits per heavy atom. The summed E-state index contributed by atoms with van der Waals surface area (Å²) in [4.78, 5) is 0. The van der Waals surface area contributed by atoms with E-state index in [2.05, 4.69) is 15.9 Å². The van der Waals surface area contributed by atoms with Gasteiger partial charge < -0.3 is 4.74 Å². The smallest absolute Gasteiger partial charge is 0.165 e. The molecule has 4 heteroatoms. The van der Waals surface area contributed by atoms with Gasteiger partial charge in [-0.1, -0.05) is 34.1 Å². The topological polar surface area (TPSA) is 9.23 Å². The molecule has 0 N–H and O–H groups in total. The second-order valence-corrected chi connectivity index (χ2v) is 5.56. The minimum Gasteiger partial charge on any atom is -0.494 e. The van der Waals surface area contributed by atoms with E-state index in [4.69, 9.17) is 16.3 Å². The molecule has 0 aliphatic heterocycles. The highest BCUT2D eigenvalue weighted by molar-refractivity contribution is 9.10. The molecule has 0 aliphatic rings. The lowest BCUT2D eigenvalue weighted by Gasteiger charge is -2.13. The number of alkyl halides is 1. The van der Waals surface area contributed by atoms with Gasteiger partial charge in [0.05, 0.1) is 12.5 Å². The minimum absolute atomic E-state index is 0.222. The van der Waals surface area contributed by atoms with Crippen LogP contribution in [0.15, 0.2) is 40.9 Å². The molecular weight excluding hydrogens is 331 g/mol. The van der Waals surface area contributed by atoms with E-state index in [1.165, 1.54) is 13.2 Å². The fourth-order valence-corrected chi connectivity index (χ4v) is 2.38. The van der Waals surface area contributed by atoms with Gasteiger partial charge >= 0.3 is 0 Å². The molecule has 1 unspecified atom stereocenters. The zero-order valence-electron chi connectivity index (χ0n) is 10.6. The van der Waals surface area contributed by atoms with Crippen LogP contribution in [0.25, 0.3) is 0 Å². The van der Waals surface area contributed by atoms with Gasteiger partial charge in [-0.15, -0.1) is 11.6 Å². The number of rotatable bonds is 3. The molecule has 0 aromatic heterocycles. The molecule has 2 rings (SSSR count). The molecule has 0 aliphatic carbocycles. The summed E-state index contributed by atoms with van der Waals surface area (Å²) < 4.78 is 19.6. The van der Waals surface area contributed by atoms with Gasteiger partial charge in [-0.2, -0.15) is 0 Å². The first kappa shape index (κ1) is 14.4. The van der Waals surface area contributed by atoms with Crippen molar-refractivity contribution < 1.29 is 9.13 Å². The normalized spacial score (nSPS) is 12.3. The molecule has 0 fully saturated rings. The van der Waals surface area contributed by atoms with Crippen molar-refractivity contribution in [2.24, 2.45) is 0 Å². The third-order valence-electron chi connectivity index (χ3n) is 2.94. The van der Waals surface area contributed by atoms with Crippen LogP contribution in [0.3, 0.4) is 0 Å². The van der Waals surface area contributed by atoms with Gasteiger partial charge in [0.2, 0.25) is 0 Å². The summed E-state index contributed by atoms with van der Waals surface area (Å²) in [5.74, 6) is -0.181. The first-order chi connectivity index (χ1) is 9.02. The Bertz CT molecular complexity index is 601. The van der Waals surface area contributed by atoms with Crippen LogP contribution < -0.4 is 4.74 Å². The number of aryl methyl sites for hydroxylation is 1. The van der Waals surface area contributed by atoms with E-state index in [9.17, 15) is 4.39 Å². The molecule has 0 saturated heterocycles. The van der Waals surface area contributed by atoms with Crippen LogP contribution in [0, 0.1) is 12.7 Å². The molecule has 0 amide bonds. The van der Waals surface area contributed by atoms with Crippen LogP contribution in [-0.4, -0.2) is 7.11 Å². The molecule has 0 saturated carbocycles. The Balaban J connectivity index is 2.35. The van der Waals surface area contributed by atoms with Crippen molar-refractivity contribution in [3.63, 3.8) is 0 Å². The predicted molar refractivity (Wildman–Crippen MR) is 79.5 cm³/mol. The number of methoxy groups -OCH3 is 1. The SMILES string of the molecule is COc1ccc(C(Cl)c2ccc(Br)c(C)c2)cc1F. The van der Waals surface area contributed by atoms with Gasteiger partial charge in [0.15, 0.2) is 11.6 Å². The highest BCUT2D eigenvalue weighted by Crippen LogP contribution is 2.32. The summed E-state index contributed by atoms with van der Waals surface area (Å²) >= 11 is 9.85. The van der Waals surface area contributed by atoms with Crippen LogP contribution in [0.2, 0.25) is 0 Å². The zero-order chi connectivity index (χ0) is 14.0. The van der Waals surface area contributed by atoms with Crippen molar-refractivity contribution in [3.05, 3.63) is 63.4 Å². The average Bonchev–Trinajstić information content (AvgIpc) is 2.41. The maximum Gasteiger partial charge on any atom is 0.165 e. The van der Waals surface area contributed by atoms with Crippen molar-refractivity contribution in [2.75, 3.05) is 7.11 Å². The van der Waals surface area contributed by atoms with E-state index >= 15 is 0 Å². The lowest BCUT2D eigenvalue weighted by atomic mass is 10.0. The monoisotopic (exact) mass is 342 g/mol. The third kappa shape index (κ3) is 3.10. The average molecular weight is 344 g/mol. The first-order valence-corrected chi connectivity index (χ1v) is 6.99. The van der Waals surface area contributed by atoms with E-state index in [0.717, 1.165) is 15.6 Å². The van der Waals surface area contributed by atoms with Crippen LogP contribution in [-0.2, 0) is 0 Å². The van der Waals surface area contributed by atoms with Crippen molar-refractivity contribution in [2.45, 2.75) is 12.3 Å². The molecule has 1 atom stereocenters. The molecule has 2 aromatic carbocycles. The van der Waals surface area contributed by atoms with Crippen molar-refractivity contribution in [3.8, 4) is 5.75 Å². The van der Waals surface area contributed by atoms with E-state index in [0.29, 0.717) is 5.56 Å². The van der Waals surface area contributed by atoms with Crippen LogP contribution in [0.5, 0.6) is 5.75 Å². The Morgan fingerprint density at radius 3 is 2.37 bits per heavy atom. The lowest BCUT2D eigenvalue weighted by molar-refractivity contribution is 0.386. The standard InChI is InChI=1S/C15H13BrClFO/c1-9-7-10(3-5-12(9)16)15(17)11-4-6-14(19-2)13(18)8-11/h3-8,15H,1-2H3. The number of halogens is 3. The van der Waals surface area contributed by atoms with E-state index in [1.807, 2.05) is 25.1 Å². The molecule has 1 nitrogen and oxygen atoms in total. The summed E-state index contributed by atoms with van der Waals surface area (Å²) in [6.07, 6.45) is 0. The summed E-state index contributed by atoms with van der Waals surface area (Å²) in [6, 6.07) is 10.6. The second-order valence-electron chi connectivity index (χ2n) is 4.27. The summed E-state index contributed by atoms with van der Waals surface area (Å²) in [7, 11) is 1.44. The zero-order valence-corrected chi connectivity index (χ0v) is 12.9. The molecule has 0 spiro atoms. The Hall–Kier alpha value is -1.06. The van der Waals surface area contributed by atoms with Crippen molar-refractivity contribution >= 4 is 27.5 Å². The number of hydrogen-bond donors (Lipinski definition) is 0. The van der Waals surface area contributed by atoms with Gasteiger partial charge in [-0.3, -0.25) is 0 Å². The number of ether oxygens (including phenoxy) is 1. The third-order valence-corrected chi connectivity index (χ3v) is 4.34. The fraction of sp³-hybridized carbons (Fsp3) is 0.200. The van der Waals surface area contributed by atoms with Crippen LogP contribution in [0.1, 0.15) is 22.1 Å². The summed E-state index contributed by atoms with van der Waals surface area (Å²) in [5.41, 5.74) is 2.74. The van der Waals surface area contributed by atoms with E-state index in [-0.39, 0.29) is 11.1 Å². The van der Waals surface area contributed by atoms with E-state index < -0.39 is 5.82 Å². The molecule has 0 radical (unpaired) electrons. The molecule has 2 aromatic rings. The number of benzene rings is 2. The first-order valence-electron chi connectivity index (χ1n) is 5.76. The quantitative estimate of drug-likeness (QED) is 0.693. The number of hydrogen-bond acceptors (Lipinski definition) is 1. The minimum atomic E-state index is -0.403. The van der Waals surface area contributed by atoms with Gasteiger partial charge in [0, 0.05) is 4.47 Å². The highest BCUT2D eigenvalue weighted by atomic mass is 79.9. The molecule has 19 heavy (non-hydrogen) atoms. The molecular formula is C15H13BrClFO. The summed E-state index contributed by atoms with van der Waals surface area (Å²) in [6.45, 7) is 1.99. The largest absolute Gasteiger partial charge is 0.494 e. The van der Waals surface area contributed by atoms with Crippen molar-refractivity contribution in [1.29, 1.82) is 0 Å². The highest BCUT2D eigenvalue weighted by Gasteiger charge is 2.14. The van der Waals surface area contributed by atoms with E-state index in [1.54, 1.807) is 12.1 Å². The van der Waals surface area contributed by atoms with Crippen LogP contribution >= 0.6 is 27.5 Å². The van der Waals surface area contributed by atoms with Gasteiger partial charge in [-0.05, 0) is 41.8 Å². The Labute approximate surface area is 125 Å². The second kappa shape index (κ2) is 5.93. The Kier molecular flexibility index (Phi) is 4.48. The van der Waals surface area contributed by atoms with Gasteiger partial charge in [0.1, 0.15) is 0 Å². The Morgan fingerprint density at radius 1 is 1.16 bits per heavy atom.